The predicted octanol–water partition coefficient (Wildman–Crippen LogP) is 2.77. The van der Waals surface area contributed by atoms with Gasteiger partial charge in [-0.25, -0.2) is 0 Å². The van der Waals surface area contributed by atoms with Crippen molar-refractivity contribution in [3.05, 3.63) is 0 Å². The van der Waals surface area contributed by atoms with Crippen LogP contribution in [0, 0.1) is 5.92 Å². The minimum Gasteiger partial charge on any atom is -0.480 e. The van der Waals surface area contributed by atoms with E-state index in [0.717, 1.165) is 31.4 Å². The van der Waals surface area contributed by atoms with E-state index in [0.29, 0.717) is 5.92 Å². The van der Waals surface area contributed by atoms with Gasteiger partial charge < -0.3 is 5.11 Å². The van der Waals surface area contributed by atoms with Crippen LogP contribution in [-0.2, 0) is 4.79 Å². The highest BCUT2D eigenvalue weighted by atomic mass is 32.2. The summed E-state index contributed by atoms with van der Waals surface area (Å²) in [4.78, 5) is 11.1. The molecular weight excluding hydrogens is 184 g/mol. The summed E-state index contributed by atoms with van der Waals surface area (Å²) < 4.78 is -0.420. The van der Waals surface area contributed by atoms with Crippen LogP contribution in [0.15, 0.2) is 0 Å². The van der Waals surface area contributed by atoms with Crippen LogP contribution < -0.4 is 0 Å². The van der Waals surface area contributed by atoms with Gasteiger partial charge in [0.1, 0.15) is 4.75 Å². The van der Waals surface area contributed by atoms with Crippen LogP contribution in [0.1, 0.15) is 39.5 Å². The Hall–Kier alpha value is -0.180. The molecule has 0 aromatic carbocycles. The zero-order chi connectivity index (χ0) is 9.90. The Morgan fingerprint density at radius 1 is 1.54 bits per heavy atom. The monoisotopic (exact) mass is 202 g/mol. The van der Waals surface area contributed by atoms with Crippen LogP contribution in [0.4, 0.5) is 0 Å². The maximum Gasteiger partial charge on any atom is 0.319 e. The molecule has 0 radical (unpaired) electrons. The molecule has 1 aliphatic rings. The lowest BCUT2D eigenvalue weighted by atomic mass is 9.73. The van der Waals surface area contributed by atoms with Gasteiger partial charge in [-0.2, -0.15) is 0 Å². The third-order valence-corrected chi connectivity index (χ3v) is 4.46. The van der Waals surface area contributed by atoms with E-state index in [2.05, 4.69) is 13.8 Å². The first-order chi connectivity index (χ1) is 6.14. The van der Waals surface area contributed by atoms with Crippen LogP contribution >= 0.6 is 11.8 Å². The van der Waals surface area contributed by atoms with Gasteiger partial charge in [-0.3, -0.25) is 4.79 Å². The van der Waals surface area contributed by atoms with Crippen molar-refractivity contribution in [1.29, 1.82) is 0 Å². The van der Waals surface area contributed by atoms with E-state index in [-0.39, 0.29) is 0 Å². The molecule has 0 spiro atoms. The fourth-order valence-electron chi connectivity index (χ4n) is 1.81. The summed E-state index contributed by atoms with van der Waals surface area (Å²) in [6, 6.07) is 0. The molecule has 0 bridgehead atoms. The van der Waals surface area contributed by atoms with Crippen molar-refractivity contribution in [3.63, 3.8) is 0 Å². The molecule has 13 heavy (non-hydrogen) atoms. The lowest BCUT2D eigenvalue weighted by Crippen LogP contribution is -2.47. The first kappa shape index (κ1) is 10.9. The summed E-state index contributed by atoms with van der Waals surface area (Å²) in [6.45, 7) is 4.24. The molecule has 0 unspecified atom stereocenters. The van der Waals surface area contributed by atoms with Crippen molar-refractivity contribution in [1.82, 2.24) is 0 Å². The molecule has 1 aliphatic carbocycles. The second kappa shape index (κ2) is 4.36. The molecule has 0 aliphatic heterocycles. The van der Waals surface area contributed by atoms with Crippen molar-refractivity contribution in [2.45, 2.75) is 44.3 Å². The van der Waals surface area contributed by atoms with E-state index in [1.165, 1.54) is 0 Å². The van der Waals surface area contributed by atoms with Gasteiger partial charge in [0.15, 0.2) is 0 Å². The number of hydrogen-bond donors (Lipinski definition) is 1. The fourth-order valence-corrected chi connectivity index (χ4v) is 3.24. The summed E-state index contributed by atoms with van der Waals surface area (Å²) >= 11 is 1.64. The Kier molecular flexibility index (Phi) is 3.65. The number of carbonyl (C=O) groups is 1. The molecule has 0 atom stereocenters. The van der Waals surface area contributed by atoms with E-state index < -0.39 is 10.7 Å². The van der Waals surface area contributed by atoms with Crippen LogP contribution in [0.25, 0.3) is 0 Å². The fraction of sp³-hybridized carbons (Fsp3) is 0.900. The van der Waals surface area contributed by atoms with Crippen molar-refractivity contribution in [2.75, 3.05) is 5.75 Å². The number of aliphatic carboxylic acids is 1. The van der Waals surface area contributed by atoms with Crippen LogP contribution in [0.3, 0.4) is 0 Å². The van der Waals surface area contributed by atoms with Gasteiger partial charge in [-0.15, -0.1) is 11.8 Å². The first-order valence-corrected chi connectivity index (χ1v) is 6.00. The van der Waals surface area contributed by atoms with E-state index in [4.69, 9.17) is 5.11 Å². The van der Waals surface area contributed by atoms with Crippen molar-refractivity contribution < 1.29 is 9.90 Å². The molecule has 3 heteroatoms. The average Bonchev–Trinajstić information content (AvgIpc) is 2.02. The molecule has 0 aromatic rings. The number of thioether (sulfide) groups is 1. The van der Waals surface area contributed by atoms with Gasteiger partial charge in [0.2, 0.25) is 0 Å². The predicted molar refractivity (Wildman–Crippen MR) is 56.1 cm³/mol. The molecule has 76 valence electrons. The highest BCUT2D eigenvalue weighted by Crippen LogP contribution is 2.49. The maximum absolute atomic E-state index is 11.1. The molecule has 0 amide bonds. The van der Waals surface area contributed by atoms with E-state index in [1.807, 2.05) is 0 Å². The number of rotatable bonds is 5. The molecule has 1 N–H and O–H groups in total. The minimum atomic E-state index is -0.601. The Labute approximate surface area is 84.1 Å². The number of carboxylic acid groups (broad SMARTS) is 1. The lowest BCUT2D eigenvalue weighted by molar-refractivity contribution is -0.143. The smallest absolute Gasteiger partial charge is 0.319 e. The molecule has 1 saturated carbocycles. The molecular formula is C10H18O2S. The zero-order valence-electron chi connectivity index (χ0n) is 8.38. The second-order valence-electron chi connectivity index (χ2n) is 3.83. The lowest BCUT2D eigenvalue weighted by Gasteiger charge is -2.43. The van der Waals surface area contributed by atoms with Crippen molar-refractivity contribution in [2.24, 2.45) is 5.92 Å². The van der Waals surface area contributed by atoms with Crippen LogP contribution in [0.5, 0.6) is 0 Å². The molecule has 1 fully saturated rings. The molecule has 0 aromatic heterocycles. The van der Waals surface area contributed by atoms with Crippen molar-refractivity contribution >= 4 is 17.7 Å². The van der Waals surface area contributed by atoms with E-state index in [9.17, 15) is 4.79 Å². The zero-order valence-corrected chi connectivity index (χ0v) is 9.19. The van der Waals surface area contributed by atoms with Gasteiger partial charge >= 0.3 is 5.97 Å². The topological polar surface area (TPSA) is 37.3 Å². The quantitative estimate of drug-likeness (QED) is 0.745. The third kappa shape index (κ3) is 2.19. The maximum atomic E-state index is 11.1. The van der Waals surface area contributed by atoms with Crippen LogP contribution in [0.2, 0.25) is 0 Å². The van der Waals surface area contributed by atoms with Crippen molar-refractivity contribution in [3.8, 4) is 0 Å². The Balaban J connectivity index is 2.45. The molecule has 2 nitrogen and oxygen atoms in total. The summed E-state index contributed by atoms with van der Waals surface area (Å²) in [7, 11) is 0. The Bertz CT molecular complexity index is 180. The normalized spacial score (nSPS) is 32.6. The van der Waals surface area contributed by atoms with Gasteiger partial charge in [0, 0.05) is 0 Å². The summed E-state index contributed by atoms with van der Waals surface area (Å²) in [5.41, 5.74) is 0. The number of hydrogen-bond acceptors (Lipinski definition) is 2. The van der Waals surface area contributed by atoms with Gasteiger partial charge in [-0.05, 0) is 30.9 Å². The second-order valence-corrected chi connectivity index (χ2v) is 5.31. The Morgan fingerprint density at radius 3 is 2.54 bits per heavy atom. The molecule has 0 saturated heterocycles. The van der Waals surface area contributed by atoms with E-state index >= 15 is 0 Å². The van der Waals surface area contributed by atoms with Crippen LogP contribution in [-0.4, -0.2) is 21.6 Å². The number of carboxylic acids is 1. The highest BCUT2D eigenvalue weighted by molar-refractivity contribution is 8.01. The SMILES string of the molecule is CCCSC1(C(=O)O)CC(CC)C1. The summed E-state index contributed by atoms with van der Waals surface area (Å²) in [5, 5.41) is 9.10. The molecule has 1 rings (SSSR count). The largest absolute Gasteiger partial charge is 0.480 e. The third-order valence-electron chi connectivity index (χ3n) is 2.79. The Morgan fingerprint density at radius 2 is 2.15 bits per heavy atom. The summed E-state index contributed by atoms with van der Waals surface area (Å²) in [5.74, 6) is 1.03. The minimum absolute atomic E-state index is 0.420. The highest BCUT2D eigenvalue weighted by Gasteiger charge is 2.49. The van der Waals surface area contributed by atoms with Gasteiger partial charge in [-0.1, -0.05) is 20.3 Å². The van der Waals surface area contributed by atoms with Gasteiger partial charge in [0.25, 0.3) is 0 Å². The standard InChI is InChI=1S/C10H18O2S/c1-3-5-13-10(9(11)12)6-8(4-2)7-10/h8H,3-7H2,1-2H3,(H,11,12). The van der Waals surface area contributed by atoms with Gasteiger partial charge in [0.05, 0.1) is 0 Å². The molecule has 0 heterocycles. The average molecular weight is 202 g/mol. The summed E-state index contributed by atoms with van der Waals surface area (Å²) in [6.07, 6.45) is 3.95. The van der Waals surface area contributed by atoms with E-state index in [1.54, 1.807) is 11.8 Å². The first-order valence-electron chi connectivity index (χ1n) is 5.02.